The maximum atomic E-state index is 12.0. The Morgan fingerprint density at radius 3 is 2.52 bits per heavy atom. The van der Waals surface area contributed by atoms with Crippen molar-refractivity contribution in [2.24, 2.45) is 0 Å². The smallest absolute Gasteiger partial charge is 0.338 e. The fraction of sp³-hybridized carbons (Fsp3) is 0.167. The molecular weight excluding hydrogens is 292 g/mol. The van der Waals surface area contributed by atoms with E-state index < -0.39 is 0 Å². The highest BCUT2D eigenvalue weighted by molar-refractivity contribution is 6.04. The second-order valence-electron chi connectivity index (χ2n) is 4.86. The number of nitrogens with zero attached hydrogens (tertiary/aromatic N) is 1. The van der Waals surface area contributed by atoms with E-state index in [1.165, 1.54) is 12.3 Å². The van der Waals surface area contributed by atoms with Crippen molar-refractivity contribution in [2.45, 2.75) is 13.8 Å². The lowest BCUT2D eigenvalue weighted by Crippen LogP contribution is -2.05. The van der Waals surface area contributed by atoms with E-state index in [0.29, 0.717) is 23.4 Å². The average molecular weight is 310 g/mol. The van der Waals surface area contributed by atoms with Crippen LogP contribution in [0.4, 0.5) is 5.69 Å². The molecule has 0 aliphatic carbocycles. The van der Waals surface area contributed by atoms with E-state index in [-0.39, 0.29) is 11.8 Å². The van der Waals surface area contributed by atoms with Gasteiger partial charge in [0.15, 0.2) is 5.78 Å². The summed E-state index contributed by atoms with van der Waals surface area (Å²) in [5, 5.41) is 3.11. The van der Waals surface area contributed by atoms with Crippen LogP contribution in [0.15, 0.2) is 60.6 Å². The van der Waals surface area contributed by atoms with Crippen LogP contribution in [0.1, 0.15) is 34.6 Å². The molecule has 0 fully saturated rings. The molecule has 5 nitrogen and oxygen atoms in total. The number of hydrogen-bond acceptors (Lipinski definition) is 5. The van der Waals surface area contributed by atoms with E-state index >= 15 is 0 Å². The molecule has 2 aromatic rings. The summed E-state index contributed by atoms with van der Waals surface area (Å²) in [4.78, 5) is 27.5. The lowest BCUT2D eigenvalue weighted by molar-refractivity contribution is 0.0526. The summed E-state index contributed by atoms with van der Waals surface area (Å²) < 4.78 is 4.93. The molecule has 118 valence electrons. The first-order chi connectivity index (χ1) is 11.1. The monoisotopic (exact) mass is 310 g/mol. The van der Waals surface area contributed by atoms with E-state index in [9.17, 15) is 9.59 Å². The van der Waals surface area contributed by atoms with Gasteiger partial charge in [0.1, 0.15) is 0 Å². The fourth-order valence-electron chi connectivity index (χ4n) is 1.96. The van der Waals surface area contributed by atoms with Crippen LogP contribution in [0.5, 0.6) is 0 Å². The van der Waals surface area contributed by atoms with Gasteiger partial charge in [-0.05, 0) is 50.2 Å². The number of ketones is 1. The Balaban J connectivity index is 2.02. The van der Waals surface area contributed by atoms with E-state index in [4.69, 9.17) is 4.74 Å². The van der Waals surface area contributed by atoms with Gasteiger partial charge in [0.25, 0.3) is 0 Å². The van der Waals surface area contributed by atoms with Crippen LogP contribution in [0.3, 0.4) is 0 Å². The molecule has 0 saturated heterocycles. The summed E-state index contributed by atoms with van der Waals surface area (Å²) in [6, 6.07) is 10.3. The van der Waals surface area contributed by atoms with Gasteiger partial charge in [0.2, 0.25) is 0 Å². The van der Waals surface area contributed by atoms with E-state index in [1.54, 1.807) is 56.4 Å². The van der Waals surface area contributed by atoms with Gasteiger partial charge in [-0.25, -0.2) is 4.79 Å². The normalized spacial score (nSPS) is 11.0. The lowest BCUT2D eigenvalue weighted by Gasteiger charge is -2.07. The number of hydrogen-bond donors (Lipinski definition) is 1. The first kappa shape index (κ1) is 16.4. The van der Waals surface area contributed by atoms with E-state index in [2.05, 4.69) is 10.3 Å². The van der Waals surface area contributed by atoms with Crippen LogP contribution in [-0.2, 0) is 4.74 Å². The molecule has 0 aliphatic rings. The summed E-state index contributed by atoms with van der Waals surface area (Å²) in [7, 11) is 0. The van der Waals surface area contributed by atoms with Crippen molar-refractivity contribution in [2.75, 3.05) is 11.9 Å². The molecule has 0 spiro atoms. The number of pyridine rings is 1. The zero-order valence-electron chi connectivity index (χ0n) is 13.1. The second-order valence-corrected chi connectivity index (χ2v) is 4.86. The Morgan fingerprint density at radius 2 is 1.91 bits per heavy atom. The van der Waals surface area contributed by atoms with Crippen molar-refractivity contribution in [3.8, 4) is 0 Å². The summed E-state index contributed by atoms with van der Waals surface area (Å²) in [5.74, 6) is -0.468. The van der Waals surface area contributed by atoms with Crippen molar-refractivity contribution < 1.29 is 14.3 Å². The Morgan fingerprint density at radius 1 is 1.17 bits per heavy atom. The summed E-state index contributed by atoms with van der Waals surface area (Å²) >= 11 is 0. The highest BCUT2D eigenvalue weighted by atomic mass is 16.5. The molecule has 2 rings (SSSR count). The highest BCUT2D eigenvalue weighted by Gasteiger charge is 2.06. The van der Waals surface area contributed by atoms with Crippen LogP contribution in [0.25, 0.3) is 0 Å². The Bertz CT molecular complexity index is 707. The molecule has 1 N–H and O–H groups in total. The van der Waals surface area contributed by atoms with Crippen molar-refractivity contribution in [1.82, 2.24) is 4.98 Å². The van der Waals surface area contributed by atoms with Gasteiger partial charge in [-0.1, -0.05) is 0 Å². The first-order valence-electron chi connectivity index (χ1n) is 7.27. The topological polar surface area (TPSA) is 68.3 Å². The molecule has 1 aromatic carbocycles. The summed E-state index contributed by atoms with van der Waals surface area (Å²) in [6.07, 6.45) is 4.66. The van der Waals surface area contributed by atoms with Crippen LogP contribution >= 0.6 is 0 Å². The molecule has 0 aliphatic heterocycles. The van der Waals surface area contributed by atoms with Crippen molar-refractivity contribution in [1.29, 1.82) is 0 Å². The molecule has 5 heteroatoms. The second kappa shape index (κ2) is 7.89. The van der Waals surface area contributed by atoms with Crippen LogP contribution in [0, 0.1) is 0 Å². The van der Waals surface area contributed by atoms with Crippen molar-refractivity contribution in [3.63, 3.8) is 0 Å². The van der Waals surface area contributed by atoms with E-state index in [0.717, 1.165) is 5.69 Å². The Hall–Kier alpha value is -2.95. The SMILES string of the molecule is CCOC(=O)c1ccc(NC(C)=CC(=O)c2cccnc2)cc1. The summed E-state index contributed by atoms with van der Waals surface area (Å²) in [6.45, 7) is 3.91. The average Bonchev–Trinajstić information content (AvgIpc) is 2.56. The van der Waals surface area contributed by atoms with Gasteiger partial charge >= 0.3 is 5.97 Å². The maximum absolute atomic E-state index is 12.0. The van der Waals surface area contributed by atoms with E-state index in [1.807, 2.05) is 0 Å². The maximum Gasteiger partial charge on any atom is 0.338 e. The number of rotatable bonds is 6. The zero-order chi connectivity index (χ0) is 16.7. The van der Waals surface area contributed by atoms with Gasteiger partial charge < -0.3 is 10.1 Å². The summed E-state index contributed by atoms with van der Waals surface area (Å²) in [5.41, 5.74) is 2.50. The van der Waals surface area contributed by atoms with Gasteiger partial charge in [0, 0.05) is 35.4 Å². The third-order valence-corrected chi connectivity index (χ3v) is 3.03. The number of ether oxygens (including phenoxy) is 1. The number of carbonyl (C=O) groups is 2. The molecular formula is C18H18N2O3. The van der Waals surface area contributed by atoms with Gasteiger partial charge in [-0.2, -0.15) is 0 Å². The number of aromatic nitrogens is 1. The van der Waals surface area contributed by atoms with Crippen LogP contribution in [0.2, 0.25) is 0 Å². The van der Waals surface area contributed by atoms with Crippen molar-refractivity contribution >= 4 is 17.4 Å². The highest BCUT2D eigenvalue weighted by Crippen LogP contribution is 2.13. The molecule has 0 unspecified atom stereocenters. The quantitative estimate of drug-likeness (QED) is 0.503. The number of benzene rings is 1. The minimum absolute atomic E-state index is 0.119. The molecule has 1 aromatic heterocycles. The van der Waals surface area contributed by atoms with Gasteiger partial charge in [-0.3, -0.25) is 9.78 Å². The Kier molecular flexibility index (Phi) is 5.63. The first-order valence-corrected chi connectivity index (χ1v) is 7.27. The lowest BCUT2D eigenvalue weighted by atomic mass is 10.1. The number of allylic oxidation sites excluding steroid dienone is 2. The predicted molar refractivity (Wildman–Crippen MR) is 88.3 cm³/mol. The van der Waals surface area contributed by atoms with Gasteiger partial charge in [-0.15, -0.1) is 0 Å². The minimum atomic E-state index is -0.349. The number of anilines is 1. The molecule has 1 heterocycles. The predicted octanol–water partition coefficient (Wildman–Crippen LogP) is 3.46. The zero-order valence-corrected chi connectivity index (χ0v) is 13.1. The molecule has 0 atom stereocenters. The molecule has 0 radical (unpaired) electrons. The standard InChI is InChI=1S/C18H18N2O3/c1-3-23-18(22)14-6-8-16(9-7-14)20-13(2)11-17(21)15-5-4-10-19-12-15/h4-12,20H,3H2,1-2H3. The number of nitrogens with one attached hydrogen (secondary N) is 1. The molecule has 0 saturated carbocycles. The van der Waals surface area contributed by atoms with Crippen molar-refractivity contribution in [3.05, 3.63) is 71.7 Å². The van der Waals surface area contributed by atoms with Crippen LogP contribution in [-0.4, -0.2) is 23.3 Å². The largest absolute Gasteiger partial charge is 0.462 e. The molecule has 0 amide bonds. The van der Waals surface area contributed by atoms with Crippen LogP contribution < -0.4 is 5.32 Å². The Labute approximate surface area is 135 Å². The molecule has 23 heavy (non-hydrogen) atoms. The fourth-order valence-corrected chi connectivity index (χ4v) is 1.96. The third kappa shape index (κ3) is 4.78. The third-order valence-electron chi connectivity index (χ3n) is 3.03. The number of carbonyl (C=O) groups excluding carboxylic acids is 2. The number of esters is 1. The molecule has 0 bridgehead atoms. The minimum Gasteiger partial charge on any atom is -0.462 e. The van der Waals surface area contributed by atoms with Gasteiger partial charge in [0.05, 0.1) is 12.2 Å².